The first-order chi connectivity index (χ1) is 4.84. The predicted octanol–water partition coefficient (Wildman–Crippen LogP) is 1.33. The summed E-state index contributed by atoms with van der Waals surface area (Å²) < 4.78 is 0. The van der Waals surface area contributed by atoms with Gasteiger partial charge in [0.2, 0.25) is 0 Å². The van der Waals surface area contributed by atoms with Gasteiger partial charge in [0, 0.05) is 0 Å². The highest BCUT2D eigenvalue weighted by Gasteiger charge is 2.16. The molecule has 0 spiro atoms. The summed E-state index contributed by atoms with van der Waals surface area (Å²) in [7, 11) is 0. The minimum absolute atomic E-state index is 0. The molecule has 0 aromatic rings. The smallest absolute Gasteiger partial charge is 0.0571 e. The predicted molar refractivity (Wildman–Crippen MR) is 48.7 cm³/mol. The number of rotatable bonds is 2. The second-order valence-corrected chi connectivity index (χ2v) is 3.10. The molecule has 68 valence electrons. The van der Waals surface area contributed by atoms with Crippen molar-refractivity contribution in [2.45, 2.75) is 38.8 Å². The van der Waals surface area contributed by atoms with Crippen molar-refractivity contribution in [3.05, 3.63) is 0 Å². The molecule has 1 fully saturated rings. The fourth-order valence-electron chi connectivity index (χ4n) is 1.58. The Morgan fingerprint density at radius 1 is 1.45 bits per heavy atom. The number of hydrogen-bond donors (Lipinski definition) is 2. The molecule has 1 saturated heterocycles. The Labute approximate surface area is 69.5 Å². The number of nitrogens with zero attached hydrogens (tertiary/aromatic N) is 1. The Morgan fingerprint density at radius 2 is 2.18 bits per heavy atom. The van der Waals surface area contributed by atoms with E-state index in [0.717, 1.165) is 0 Å². The van der Waals surface area contributed by atoms with Crippen LogP contribution in [0.2, 0.25) is 0 Å². The fraction of sp³-hybridized carbons (Fsp3) is 1.00. The number of hydrogen-bond acceptors (Lipinski definition) is 3. The summed E-state index contributed by atoms with van der Waals surface area (Å²) in [4.78, 5) is 2.39. The van der Waals surface area contributed by atoms with Gasteiger partial charge in [0.05, 0.1) is 6.17 Å². The van der Waals surface area contributed by atoms with Crippen LogP contribution in [0.5, 0.6) is 0 Å². The molecular formula is C8H21N3. The van der Waals surface area contributed by atoms with Gasteiger partial charge in [-0.2, -0.15) is 0 Å². The zero-order valence-corrected chi connectivity index (χ0v) is 7.55. The molecule has 11 heavy (non-hydrogen) atoms. The van der Waals surface area contributed by atoms with Crippen LogP contribution in [0, 0.1) is 0 Å². The van der Waals surface area contributed by atoms with Crippen molar-refractivity contribution >= 4 is 0 Å². The molecule has 5 N–H and O–H groups in total. The van der Waals surface area contributed by atoms with Crippen molar-refractivity contribution in [1.82, 2.24) is 11.1 Å². The molecule has 3 heteroatoms. The molecule has 1 heterocycles. The highest BCUT2D eigenvalue weighted by Crippen LogP contribution is 2.12. The zero-order chi connectivity index (χ0) is 7.40. The quantitative estimate of drug-likeness (QED) is 0.639. The standard InChI is InChI=1S/C8H18N2.H3N/c1-2-6-10-7-4-3-5-8(10)9;/h8H,2-7,9H2,1H3;1H3. The van der Waals surface area contributed by atoms with Gasteiger partial charge in [-0.25, -0.2) is 0 Å². The Bertz CT molecular complexity index is 93.3. The number of piperidine rings is 1. The summed E-state index contributed by atoms with van der Waals surface area (Å²) in [6, 6.07) is 0. The van der Waals surface area contributed by atoms with Gasteiger partial charge < -0.3 is 11.9 Å². The number of likely N-dealkylation sites (tertiary alicyclic amines) is 1. The highest BCUT2D eigenvalue weighted by molar-refractivity contribution is 4.70. The molecule has 1 unspecified atom stereocenters. The summed E-state index contributed by atoms with van der Waals surface area (Å²) in [5.41, 5.74) is 5.89. The maximum absolute atomic E-state index is 5.89. The van der Waals surface area contributed by atoms with Gasteiger partial charge in [-0.15, -0.1) is 0 Å². The second kappa shape index (κ2) is 5.52. The third-order valence-electron chi connectivity index (χ3n) is 2.18. The second-order valence-electron chi connectivity index (χ2n) is 3.10. The first-order valence-electron chi connectivity index (χ1n) is 4.34. The van der Waals surface area contributed by atoms with E-state index in [2.05, 4.69) is 11.8 Å². The maximum Gasteiger partial charge on any atom is 0.0571 e. The van der Waals surface area contributed by atoms with Crippen molar-refractivity contribution in [3.63, 3.8) is 0 Å². The van der Waals surface area contributed by atoms with Crippen LogP contribution in [0.1, 0.15) is 32.6 Å². The lowest BCUT2D eigenvalue weighted by atomic mass is 10.1. The summed E-state index contributed by atoms with van der Waals surface area (Å²) in [6.07, 6.45) is 5.44. The summed E-state index contributed by atoms with van der Waals surface area (Å²) in [5.74, 6) is 0. The van der Waals surface area contributed by atoms with Crippen LogP contribution >= 0.6 is 0 Å². The lowest BCUT2D eigenvalue weighted by Crippen LogP contribution is -2.45. The average Bonchev–Trinajstić information content (AvgIpc) is 1.94. The van der Waals surface area contributed by atoms with Gasteiger partial charge in [-0.3, -0.25) is 4.90 Å². The van der Waals surface area contributed by atoms with Crippen molar-refractivity contribution in [3.8, 4) is 0 Å². The lowest BCUT2D eigenvalue weighted by Gasteiger charge is -2.32. The lowest BCUT2D eigenvalue weighted by molar-refractivity contribution is 0.152. The monoisotopic (exact) mass is 159 g/mol. The molecular weight excluding hydrogens is 138 g/mol. The first kappa shape index (κ1) is 10.9. The molecule has 0 radical (unpaired) electrons. The highest BCUT2D eigenvalue weighted by atomic mass is 15.2. The van der Waals surface area contributed by atoms with E-state index in [1.807, 2.05) is 0 Å². The van der Waals surface area contributed by atoms with E-state index in [-0.39, 0.29) is 6.15 Å². The van der Waals surface area contributed by atoms with Gasteiger partial charge in [0.1, 0.15) is 0 Å². The topological polar surface area (TPSA) is 64.3 Å². The average molecular weight is 159 g/mol. The Balaban J connectivity index is 0.000001000. The summed E-state index contributed by atoms with van der Waals surface area (Å²) in [5, 5.41) is 0. The van der Waals surface area contributed by atoms with E-state index in [0.29, 0.717) is 6.17 Å². The van der Waals surface area contributed by atoms with Gasteiger partial charge in [0.15, 0.2) is 0 Å². The molecule has 0 aliphatic carbocycles. The first-order valence-corrected chi connectivity index (χ1v) is 4.34. The molecule has 3 nitrogen and oxygen atoms in total. The summed E-state index contributed by atoms with van der Waals surface area (Å²) >= 11 is 0. The van der Waals surface area contributed by atoms with Crippen LogP contribution < -0.4 is 11.9 Å². The van der Waals surface area contributed by atoms with E-state index in [9.17, 15) is 0 Å². The van der Waals surface area contributed by atoms with E-state index < -0.39 is 0 Å². The van der Waals surface area contributed by atoms with Gasteiger partial charge in [0.25, 0.3) is 0 Å². The molecule has 0 bridgehead atoms. The van der Waals surface area contributed by atoms with Gasteiger partial charge in [-0.05, 0) is 38.8 Å². The van der Waals surface area contributed by atoms with Crippen molar-refractivity contribution in [2.24, 2.45) is 5.73 Å². The molecule has 1 rings (SSSR count). The largest absolute Gasteiger partial charge is 0.344 e. The maximum atomic E-state index is 5.89. The third kappa shape index (κ3) is 3.18. The van der Waals surface area contributed by atoms with E-state index in [4.69, 9.17) is 5.73 Å². The molecule has 0 aromatic heterocycles. The number of nitrogens with two attached hydrogens (primary N) is 1. The van der Waals surface area contributed by atoms with Crippen LogP contribution in [0.3, 0.4) is 0 Å². The molecule has 0 amide bonds. The summed E-state index contributed by atoms with van der Waals surface area (Å²) in [6.45, 7) is 4.61. The van der Waals surface area contributed by atoms with Crippen LogP contribution in [-0.2, 0) is 0 Å². The van der Waals surface area contributed by atoms with Gasteiger partial charge in [-0.1, -0.05) is 6.92 Å². The SMILES string of the molecule is CCCN1CCCCC1N.N. The normalized spacial score (nSPS) is 26.2. The van der Waals surface area contributed by atoms with Crippen LogP contribution in [0.25, 0.3) is 0 Å². The molecule has 0 aromatic carbocycles. The van der Waals surface area contributed by atoms with Crippen molar-refractivity contribution in [1.29, 1.82) is 0 Å². The van der Waals surface area contributed by atoms with Crippen molar-refractivity contribution in [2.75, 3.05) is 13.1 Å². The Hall–Kier alpha value is -0.120. The van der Waals surface area contributed by atoms with Crippen LogP contribution in [-0.4, -0.2) is 24.2 Å². The Morgan fingerprint density at radius 3 is 2.73 bits per heavy atom. The van der Waals surface area contributed by atoms with E-state index in [1.165, 1.54) is 38.8 Å². The van der Waals surface area contributed by atoms with E-state index >= 15 is 0 Å². The molecule has 1 aliphatic rings. The third-order valence-corrected chi connectivity index (χ3v) is 2.18. The molecule has 0 saturated carbocycles. The van der Waals surface area contributed by atoms with Gasteiger partial charge >= 0.3 is 0 Å². The Kier molecular flexibility index (Phi) is 5.46. The minimum Gasteiger partial charge on any atom is -0.344 e. The van der Waals surface area contributed by atoms with E-state index in [1.54, 1.807) is 0 Å². The van der Waals surface area contributed by atoms with Crippen LogP contribution in [0.15, 0.2) is 0 Å². The zero-order valence-electron chi connectivity index (χ0n) is 7.55. The molecule has 1 aliphatic heterocycles. The molecule has 1 atom stereocenters. The minimum atomic E-state index is 0. The van der Waals surface area contributed by atoms with Crippen molar-refractivity contribution < 1.29 is 0 Å². The fourth-order valence-corrected chi connectivity index (χ4v) is 1.58. The van der Waals surface area contributed by atoms with Crippen LogP contribution in [0.4, 0.5) is 0 Å².